The number of hydrogen-bond donors (Lipinski definition) is 1. The van der Waals surface area contributed by atoms with Crippen molar-refractivity contribution >= 4 is 39.1 Å². The van der Waals surface area contributed by atoms with Crippen LogP contribution in [0.4, 0.5) is 11.4 Å². The highest BCUT2D eigenvalue weighted by Crippen LogP contribution is 2.21. The van der Waals surface area contributed by atoms with E-state index in [0.29, 0.717) is 10.4 Å². The fourth-order valence-electron chi connectivity index (χ4n) is 2.89. The molecule has 1 aliphatic rings. The lowest BCUT2D eigenvalue weighted by molar-refractivity contribution is -0.116. The number of furan rings is 1. The van der Waals surface area contributed by atoms with Gasteiger partial charge in [-0.15, -0.1) is 0 Å². The van der Waals surface area contributed by atoms with Crippen molar-refractivity contribution in [2.24, 2.45) is 0 Å². The van der Waals surface area contributed by atoms with E-state index in [2.05, 4.69) is 26.1 Å². The maximum atomic E-state index is 12.4. The molecule has 0 spiro atoms. The Bertz CT molecular complexity index is 813. The lowest BCUT2D eigenvalue weighted by Crippen LogP contribution is -2.36. The van der Waals surface area contributed by atoms with Crippen molar-refractivity contribution in [2.45, 2.75) is 6.92 Å². The number of aryl methyl sites for hydroxylation is 1. The van der Waals surface area contributed by atoms with Crippen LogP contribution in [0.2, 0.25) is 0 Å². The van der Waals surface area contributed by atoms with Gasteiger partial charge in [-0.25, -0.2) is 0 Å². The normalized spacial score (nSPS) is 14.1. The number of nitrogens with zero attached hydrogens (tertiary/aromatic N) is 2. The lowest BCUT2D eigenvalue weighted by atomic mass is 10.2. The van der Waals surface area contributed by atoms with E-state index in [9.17, 15) is 9.59 Å². The summed E-state index contributed by atoms with van der Waals surface area (Å²) in [5.74, 6) is -0.378. The van der Waals surface area contributed by atoms with E-state index in [1.54, 1.807) is 20.0 Å². The van der Waals surface area contributed by atoms with Gasteiger partial charge in [-0.1, -0.05) is 0 Å². The van der Waals surface area contributed by atoms with E-state index in [4.69, 9.17) is 9.15 Å². The van der Waals surface area contributed by atoms with Crippen LogP contribution in [0.3, 0.4) is 0 Å². The van der Waals surface area contributed by atoms with Crippen molar-refractivity contribution in [3.63, 3.8) is 0 Å². The number of nitrogens with one attached hydrogen (secondary N) is 1. The molecular formula is C19H22BrN3O4. The first-order valence-corrected chi connectivity index (χ1v) is 9.47. The molecule has 1 saturated heterocycles. The molecule has 27 heavy (non-hydrogen) atoms. The third-order valence-corrected chi connectivity index (χ3v) is 4.73. The second kappa shape index (κ2) is 8.58. The van der Waals surface area contributed by atoms with Crippen LogP contribution in [-0.2, 0) is 9.53 Å². The molecule has 0 atom stereocenters. The molecule has 1 aromatic carbocycles. The molecular weight excluding hydrogens is 414 g/mol. The number of hydrogen-bond acceptors (Lipinski definition) is 5. The molecule has 2 heterocycles. The molecule has 7 nitrogen and oxygen atoms in total. The van der Waals surface area contributed by atoms with E-state index in [1.165, 1.54) is 4.90 Å². The average molecular weight is 436 g/mol. The molecule has 1 aromatic heterocycles. The lowest BCUT2D eigenvalue weighted by Gasteiger charge is -2.28. The third kappa shape index (κ3) is 4.90. The molecule has 2 aromatic rings. The van der Waals surface area contributed by atoms with Crippen LogP contribution in [0.5, 0.6) is 0 Å². The van der Waals surface area contributed by atoms with Crippen LogP contribution in [0.1, 0.15) is 16.1 Å². The molecule has 3 rings (SSSR count). The highest BCUT2D eigenvalue weighted by atomic mass is 79.9. The Kier molecular flexibility index (Phi) is 6.18. The summed E-state index contributed by atoms with van der Waals surface area (Å²) >= 11 is 3.20. The minimum absolute atomic E-state index is 0.0677. The number of carbonyl (C=O) groups excluding carboxylic acids is 2. The quantitative estimate of drug-likeness (QED) is 0.781. The van der Waals surface area contributed by atoms with Crippen molar-refractivity contribution in [1.82, 2.24) is 4.90 Å². The number of morpholine rings is 1. The van der Waals surface area contributed by atoms with Gasteiger partial charge in [0.2, 0.25) is 5.91 Å². The van der Waals surface area contributed by atoms with Gasteiger partial charge in [-0.2, -0.15) is 0 Å². The van der Waals surface area contributed by atoms with Gasteiger partial charge in [-0.05, 0) is 53.2 Å². The zero-order valence-electron chi connectivity index (χ0n) is 15.3. The number of anilines is 2. The van der Waals surface area contributed by atoms with Gasteiger partial charge >= 0.3 is 0 Å². The molecule has 144 valence electrons. The predicted molar refractivity (Wildman–Crippen MR) is 106 cm³/mol. The monoisotopic (exact) mass is 435 g/mol. The molecule has 1 fully saturated rings. The number of ether oxygens (including phenoxy) is 1. The molecule has 0 radical (unpaired) electrons. The molecule has 0 unspecified atom stereocenters. The molecule has 8 heteroatoms. The zero-order valence-corrected chi connectivity index (χ0v) is 16.9. The van der Waals surface area contributed by atoms with Crippen LogP contribution >= 0.6 is 15.9 Å². The number of benzene rings is 1. The number of amides is 2. The first kappa shape index (κ1) is 19.4. The Morgan fingerprint density at radius 2 is 1.89 bits per heavy atom. The summed E-state index contributed by atoms with van der Waals surface area (Å²) in [5, 5.41) is 2.81. The maximum Gasteiger partial charge on any atom is 0.290 e. The average Bonchev–Trinajstić information content (AvgIpc) is 3.00. The van der Waals surface area contributed by atoms with Crippen molar-refractivity contribution in [3.05, 3.63) is 46.3 Å². The van der Waals surface area contributed by atoms with E-state index in [-0.39, 0.29) is 24.1 Å². The summed E-state index contributed by atoms with van der Waals surface area (Å²) in [6, 6.07) is 9.38. The fraction of sp³-hybridized carbons (Fsp3) is 0.368. The van der Waals surface area contributed by atoms with Gasteiger partial charge in [0, 0.05) is 37.1 Å². The number of rotatable bonds is 5. The Balaban J connectivity index is 1.55. The van der Waals surface area contributed by atoms with Crippen LogP contribution < -0.4 is 10.2 Å². The van der Waals surface area contributed by atoms with Crippen molar-refractivity contribution < 1.29 is 18.7 Å². The summed E-state index contributed by atoms with van der Waals surface area (Å²) in [5.41, 5.74) is 2.51. The summed E-state index contributed by atoms with van der Waals surface area (Å²) in [4.78, 5) is 28.2. The van der Waals surface area contributed by atoms with Gasteiger partial charge < -0.3 is 24.3 Å². The smallest absolute Gasteiger partial charge is 0.290 e. The van der Waals surface area contributed by atoms with Crippen LogP contribution in [0.15, 0.2) is 39.4 Å². The maximum absolute atomic E-state index is 12.4. The Morgan fingerprint density at radius 1 is 1.22 bits per heavy atom. The standard InChI is InChI=1S/C19H22BrN3O4/c1-13-11-16(20)27-18(13)19(25)22(2)12-17(24)21-14-3-5-15(6-4-14)23-7-9-26-10-8-23/h3-6,11H,7-10,12H2,1-2H3,(H,21,24). The number of likely N-dealkylation sites (N-methyl/N-ethyl adjacent to an activating group) is 1. The van der Waals surface area contributed by atoms with Crippen LogP contribution in [0, 0.1) is 6.92 Å². The third-order valence-electron chi connectivity index (χ3n) is 4.34. The van der Waals surface area contributed by atoms with Crippen molar-refractivity contribution in [2.75, 3.05) is 50.1 Å². The Labute approximate surface area is 166 Å². The first-order chi connectivity index (χ1) is 12.9. The van der Waals surface area contributed by atoms with Crippen LogP contribution in [0.25, 0.3) is 0 Å². The Hall–Kier alpha value is -2.32. The summed E-state index contributed by atoms with van der Waals surface area (Å²) in [6.07, 6.45) is 0. The molecule has 0 saturated carbocycles. The highest BCUT2D eigenvalue weighted by molar-refractivity contribution is 9.10. The summed E-state index contributed by atoms with van der Waals surface area (Å²) in [7, 11) is 1.57. The van der Waals surface area contributed by atoms with Crippen molar-refractivity contribution in [3.8, 4) is 0 Å². The summed E-state index contributed by atoms with van der Waals surface area (Å²) < 4.78 is 11.2. The minimum Gasteiger partial charge on any atom is -0.444 e. The second-order valence-corrected chi connectivity index (χ2v) is 7.20. The topological polar surface area (TPSA) is 75.0 Å². The fourth-order valence-corrected chi connectivity index (χ4v) is 3.40. The zero-order chi connectivity index (χ0) is 19.4. The summed E-state index contributed by atoms with van der Waals surface area (Å²) in [6.45, 7) is 4.89. The van der Waals surface area contributed by atoms with Crippen molar-refractivity contribution in [1.29, 1.82) is 0 Å². The van der Waals surface area contributed by atoms with E-state index in [1.807, 2.05) is 24.3 Å². The molecule has 1 N–H and O–H groups in total. The number of halogens is 1. The second-order valence-electron chi connectivity index (χ2n) is 6.42. The minimum atomic E-state index is -0.337. The molecule has 0 bridgehead atoms. The van der Waals surface area contributed by atoms with Crippen LogP contribution in [-0.4, -0.2) is 56.6 Å². The van der Waals surface area contributed by atoms with Gasteiger partial charge in [-0.3, -0.25) is 9.59 Å². The molecule has 0 aliphatic carbocycles. The van der Waals surface area contributed by atoms with E-state index in [0.717, 1.165) is 37.6 Å². The van der Waals surface area contributed by atoms with Gasteiger partial charge in [0.05, 0.1) is 19.8 Å². The van der Waals surface area contributed by atoms with Gasteiger partial charge in [0.1, 0.15) is 0 Å². The SMILES string of the molecule is Cc1cc(Br)oc1C(=O)N(C)CC(=O)Nc1ccc(N2CCOCC2)cc1. The Morgan fingerprint density at radius 3 is 2.48 bits per heavy atom. The van der Waals surface area contributed by atoms with Gasteiger partial charge in [0.15, 0.2) is 10.4 Å². The number of carbonyl (C=O) groups is 2. The first-order valence-electron chi connectivity index (χ1n) is 8.68. The van der Waals surface area contributed by atoms with Gasteiger partial charge in [0.25, 0.3) is 5.91 Å². The predicted octanol–water partition coefficient (Wildman–Crippen LogP) is 2.90. The van der Waals surface area contributed by atoms with E-state index >= 15 is 0 Å². The van der Waals surface area contributed by atoms with E-state index < -0.39 is 0 Å². The molecule has 2 amide bonds. The largest absolute Gasteiger partial charge is 0.444 e. The highest BCUT2D eigenvalue weighted by Gasteiger charge is 2.21. The molecule has 1 aliphatic heterocycles.